The molecule has 0 saturated heterocycles. The number of alkyl halides is 1. The third-order valence-electron chi connectivity index (χ3n) is 4.34. The van der Waals surface area contributed by atoms with Gasteiger partial charge in [0.25, 0.3) is 5.95 Å². The van der Waals surface area contributed by atoms with E-state index < -0.39 is 12.6 Å². The molecule has 1 heterocycles. The molecular formula is C21H35FO4. The molecule has 0 aliphatic heterocycles. The minimum absolute atomic E-state index is 0.0446. The van der Waals surface area contributed by atoms with Crippen molar-refractivity contribution in [3.63, 3.8) is 0 Å². The van der Waals surface area contributed by atoms with Gasteiger partial charge in [0.2, 0.25) is 5.76 Å². The summed E-state index contributed by atoms with van der Waals surface area (Å²) < 4.78 is 27.3. The molecule has 1 aromatic rings. The normalized spacial score (nSPS) is 10.8. The fourth-order valence-electron chi connectivity index (χ4n) is 2.83. The van der Waals surface area contributed by atoms with Crippen LogP contribution in [0.3, 0.4) is 0 Å². The molecule has 0 saturated carbocycles. The Morgan fingerprint density at radius 2 is 1.46 bits per heavy atom. The summed E-state index contributed by atoms with van der Waals surface area (Å²) in [5.74, 6) is -0.314. The smallest absolute Gasteiger partial charge is 0.374 e. The van der Waals surface area contributed by atoms with Crippen LogP contribution in [0.1, 0.15) is 94.5 Å². The van der Waals surface area contributed by atoms with Gasteiger partial charge in [-0.25, -0.2) is 9.18 Å². The summed E-state index contributed by atoms with van der Waals surface area (Å²) in [7, 11) is 0. The van der Waals surface area contributed by atoms with E-state index in [1.54, 1.807) is 6.07 Å². The molecular weight excluding hydrogens is 335 g/mol. The van der Waals surface area contributed by atoms with E-state index in [0.717, 1.165) is 12.8 Å². The van der Waals surface area contributed by atoms with Crippen molar-refractivity contribution in [1.29, 1.82) is 0 Å². The van der Waals surface area contributed by atoms with E-state index in [4.69, 9.17) is 9.15 Å². The summed E-state index contributed by atoms with van der Waals surface area (Å²) >= 11 is 0. The molecule has 0 fully saturated rings. The predicted octanol–water partition coefficient (Wildman–Crippen LogP) is 6.49. The summed E-state index contributed by atoms with van der Waals surface area (Å²) in [5, 5.41) is 0. The van der Waals surface area contributed by atoms with E-state index in [1.807, 2.05) is 0 Å². The van der Waals surface area contributed by atoms with Crippen molar-refractivity contribution in [1.82, 2.24) is 0 Å². The largest absolute Gasteiger partial charge is 0.465 e. The lowest BCUT2D eigenvalue weighted by Crippen LogP contribution is -2.06. The SMILES string of the molecule is CCCCCCCCCCCCCCOc1ccc(C(=O)OCCF)o1. The lowest BCUT2D eigenvalue weighted by molar-refractivity contribution is 0.0437. The minimum atomic E-state index is -0.700. The van der Waals surface area contributed by atoms with Gasteiger partial charge < -0.3 is 13.9 Å². The maximum Gasteiger partial charge on any atom is 0.374 e. The number of esters is 1. The Labute approximate surface area is 157 Å². The number of halogens is 1. The number of carbonyl (C=O) groups excluding carboxylic acids is 1. The average Bonchev–Trinajstić information content (AvgIpc) is 3.12. The fourth-order valence-corrected chi connectivity index (χ4v) is 2.83. The van der Waals surface area contributed by atoms with Crippen LogP contribution in [0.15, 0.2) is 16.5 Å². The standard InChI is InChI=1S/C21H35FO4/c1-2-3-4-5-6-7-8-9-10-11-12-13-17-24-20-15-14-19(26-20)21(23)25-18-16-22/h14-15H,2-13,16-18H2,1H3. The third-order valence-corrected chi connectivity index (χ3v) is 4.34. The zero-order valence-corrected chi connectivity index (χ0v) is 16.3. The van der Waals surface area contributed by atoms with Gasteiger partial charge in [0.15, 0.2) is 0 Å². The minimum Gasteiger partial charge on any atom is -0.465 e. The van der Waals surface area contributed by atoms with Gasteiger partial charge in [0, 0.05) is 6.07 Å². The van der Waals surface area contributed by atoms with E-state index in [-0.39, 0.29) is 12.4 Å². The van der Waals surface area contributed by atoms with Gasteiger partial charge in [-0.15, -0.1) is 0 Å². The quantitative estimate of drug-likeness (QED) is 0.232. The highest BCUT2D eigenvalue weighted by Crippen LogP contribution is 2.17. The highest BCUT2D eigenvalue weighted by molar-refractivity contribution is 5.86. The van der Waals surface area contributed by atoms with E-state index in [0.29, 0.717) is 12.6 Å². The van der Waals surface area contributed by atoms with E-state index in [1.165, 1.54) is 70.3 Å². The van der Waals surface area contributed by atoms with Crippen molar-refractivity contribution in [3.05, 3.63) is 17.9 Å². The predicted molar refractivity (Wildman–Crippen MR) is 102 cm³/mol. The second-order valence-corrected chi connectivity index (χ2v) is 6.68. The number of hydrogen-bond donors (Lipinski definition) is 0. The lowest BCUT2D eigenvalue weighted by Gasteiger charge is -2.04. The first-order valence-corrected chi connectivity index (χ1v) is 10.2. The van der Waals surface area contributed by atoms with Crippen molar-refractivity contribution in [2.75, 3.05) is 19.9 Å². The molecule has 0 unspecified atom stereocenters. The molecule has 0 N–H and O–H groups in total. The van der Waals surface area contributed by atoms with E-state index in [2.05, 4.69) is 11.7 Å². The molecule has 0 spiro atoms. The maximum atomic E-state index is 12.0. The van der Waals surface area contributed by atoms with E-state index >= 15 is 0 Å². The zero-order valence-electron chi connectivity index (χ0n) is 16.3. The summed E-state index contributed by atoms with van der Waals surface area (Å²) in [6.45, 7) is 1.87. The fraction of sp³-hybridized carbons (Fsp3) is 0.762. The monoisotopic (exact) mass is 370 g/mol. The average molecular weight is 371 g/mol. The second-order valence-electron chi connectivity index (χ2n) is 6.68. The second kappa shape index (κ2) is 15.7. The van der Waals surface area contributed by atoms with Crippen LogP contribution in [-0.4, -0.2) is 25.9 Å². The number of rotatable bonds is 17. The molecule has 5 heteroatoms. The molecule has 0 aromatic carbocycles. The first-order chi connectivity index (χ1) is 12.8. The number of furan rings is 1. The summed E-state index contributed by atoms with van der Waals surface area (Å²) in [4.78, 5) is 11.5. The topological polar surface area (TPSA) is 48.7 Å². The molecule has 0 radical (unpaired) electrons. The van der Waals surface area contributed by atoms with Gasteiger partial charge in [-0.05, 0) is 12.5 Å². The van der Waals surface area contributed by atoms with Gasteiger partial charge >= 0.3 is 5.97 Å². The van der Waals surface area contributed by atoms with Crippen LogP contribution in [0.5, 0.6) is 5.95 Å². The number of unbranched alkanes of at least 4 members (excludes halogenated alkanes) is 11. The van der Waals surface area contributed by atoms with Gasteiger partial charge in [-0.3, -0.25) is 0 Å². The molecule has 0 atom stereocenters. The molecule has 150 valence electrons. The molecule has 0 aliphatic carbocycles. The van der Waals surface area contributed by atoms with Crippen LogP contribution in [0.25, 0.3) is 0 Å². The molecule has 1 rings (SSSR count). The first-order valence-electron chi connectivity index (χ1n) is 10.2. The van der Waals surface area contributed by atoms with Gasteiger partial charge in [-0.2, -0.15) is 0 Å². The van der Waals surface area contributed by atoms with Crippen LogP contribution in [-0.2, 0) is 4.74 Å². The van der Waals surface area contributed by atoms with Gasteiger partial charge in [0.05, 0.1) is 6.61 Å². The van der Waals surface area contributed by atoms with Crippen molar-refractivity contribution in [2.45, 2.75) is 84.0 Å². The van der Waals surface area contributed by atoms with Gasteiger partial charge in [0.1, 0.15) is 13.3 Å². The highest BCUT2D eigenvalue weighted by atomic mass is 19.1. The first kappa shape index (κ1) is 22.5. The van der Waals surface area contributed by atoms with Crippen LogP contribution in [0.2, 0.25) is 0 Å². The number of ether oxygens (including phenoxy) is 2. The highest BCUT2D eigenvalue weighted by Gasteiger charge is 2.13. The molecule has 0 aliphatic rings. The molecule has 4 nitrogen and oxygen atoms in total. The zero-order chi connectivity index (χ0) is 18.9. The summed E-state index contributed by atoms with van der Waals surface area (Å²) in [6.07, 6.45) is 15.6. The summed E-state index contributed by atoms with van der Waals surface area (Å²) in [5.41, 5.74) is 0. The molecule has 0 bridgehead atoms. The third kappa shape index (κ3) is 11.2. The Morgan fingerprint density at radius 1 is 0.885 bits per heavy atom. The molecule has 1 aromatic heterocycles. The van der Waals surface area contributed by atoms with Crippen molar-refractivity contribution in [3.8, 4) is 5.95 Å². The summed E-state index contributed by atoms with van der Waals surface area (Å²) in [6, 6.07) is 3.07. The Morgan fingerprint density at radius 3 is 2.04 bits per heavy atom. The van der Waals surface area contributed by atoms with Crippen LogP contribution < -0.4 is 4.74 Å². The van der Waals surface area contributed by atoms with Gasteiger partial charge in [-0.1, -0.05) is 77.6 Å². The molecule has 0 amide bonds. The number of hydrogen-bond acceptors (Lipinski definition) is 4. The van der Waals surface area contributed by atoms with Crippen LogP contribution in [0, 0.1) is 0 Å². The maximum absolute atomic E-state index is 12.0. The lowest BCUT2D eigenvalue weighted by atomic mass is 10.1. The Kier molecular flexibility index (Phi) is 13.6. The van der Waals surface area contributed by atoms with E-state index in [9.17, 15) is 9.18 Å². The van der Waals surface area contributed by atoms with Crippen molar-refractivity contribution in [2.24, 2.45) is 0 Å². The Balaban J connectivity index is 1.92. The molecule has 26 heavy (non-hydrogen) atoms. The number of carbonyl (C=O) groups is 1. The Bertz CT molecular complexity index is 459. The van der Waals surface area contributed by atoms with Crippen molar-refractivity contribution >= 4 is 5.97 Å². The Hall–Kier alpha value is -1.52. The van der Waals surface area contributed by atoms with Crippen molar-refractivity contribution < 1.29 is 23.1 Å². The van der Waals surface area contributed by atoms with Crippen LogP contribution >= 0.6 is 0 Å². The van der Waals surface area contributed by atoms with Crippen LogP contribution in [0.4, 0.5) is 4.39 Å².